The summed E-state index contributed by atoms with van der Waals surface area (Å²) >= 11 is 6.09. The normalized spacial score (nSPS) is 11.7. The Morgan fingerprint density at radius 3 is 1.43 bits per heavy atom. The molecule has 2 aromatic carbocycles. The largest absolute Gasteiger partial charge is 0.504 e. The van der Waals surface area contributed by atoms with E-state index in [2.05, 4.69) is 36.6 Å². The second-order valence-electron chi connectivity index (χ2n) is 4.23. The number of nitrogens with zero attached hydrogens (tertiary/aromatic N) is 2. The third-order valence-electron chi connectivity index (χ3n) is 2.79. The Morgan fingerprint density at radius 2 is 1.13 bits per heavy atom. The highest BCUT2D eigenvalue weighted by Gasteiger charge is 2.45. The molecule has 0 aromatic heterocycles. The molecule has 23 heavy (non-hydrogen) atoms. The van der Waals surface area contributed by atoms with E-state index in [0.29, 0.717) is 0 Å². The molecule has 0 spiro atoms. The zero-order chi connectivity index (χ0) is 17.3. The molecule has 0 radical (unpaired) electrons. The van der Waals surface area contributed by atoms with Gasteiger partial charge in [0.15, 0.2) is 0 Å². The minimum absolute atomic E-state index is 0.156. The molecule has 0 aliphatic rings. The van der Waals surface area contributed by atoms with E-state index in [1.807, 2.05) is 0 Å². The van der Waals surface area contributed by atoms with Crippen LogP contribution < -0.4 is 0 Å². The molecule has 0 aliphatic heterocycles. The fraction of sp³-hybridized carbons (Fsp3) is 0. The van der Waals surface area contributed by atoms with Crippen LogP contribution in [0.1, 0.15) is 0 Å². The van der Waals surface area contributed by atoms with Crippen molar-refractivity contribution in [1.29, 1.82) is 0 Å². The number of halogens is 2. The van der Waals surface area contributed by atoms with Crippen molar-refractivity contribution in [1.82, 2.24) is 0 Å². The first-order chi connectivity index (χ1) is 10.7. The summed E-state index contributed by atoms with van der Waals surface area (Å²) in [5.41, 5.74) is 9.10. The highest BCUT2D eigenvalue weighted by Crippen LogP contribution is 2.29. The van der Waals surface area contributed by atoms with Gasteiger partial charge in [-0.1, -0.05) is 24.3 Å². The Balaban J connectivity index is 2.73. The fourth-order valence-electron chi connectivity index (χ4n) is 1.77. The van der Waals surface area contributed by atoms with Crippen molar-refractivity contribution >= 4 is 55.9 Å². The van der Waals surface area contributed by atoms with Crippen LogP contribution in [0.25, 0.3) is 5.53 Å². The Labute approximate surface area is 149 Å². The molecule has 120 valence electrons. The lowest BCUT2D eigenvalue weighted by Crippen LogP contribution is -2.26. The van der Waals surface area contributed by atoms with Gasteiger partial charge in [0.05, 0.1) is 9.79 Å². The molecule has 2 aromatic rings. The van der Waals surface area contributed by atoms with Gasteiger partial charge < -0.3 is 5.53 Å². The summed E-state index contributed by atoms with van der Waals surface area (Å²) in [4.78, 5) is 1.93. The molecule has 0 saturated heterocycles. The number of hydrogen-bond acceptors (Lipinski definition) is 4. The lowest BCUT2D eigenvalue weighted by molar-refractivity contribution is 0.00380. The second-order valence-corrected chi connectivity index (χ2v) is 9.87. The molecular formula is C13H8Br2N2O4S2. The summed E-state index contributed by atoms with van der Waals surface area (Å²) in [7, 11) is -9.12. The van der Waals surface area contributed by atoms with E-state index in [0.717, 1.165) is 0 Å². The van der Waals surface area contributed by atoms with Gasteiger partial charge in [-0.15, -0.1) is 4.79 Å². The highest BCUT2D eigenvalue weighted by molar-refractivity contribution is 9.10. The first-order valence-corrected chi connectivity index (χ1v) is 10.5. The summed E-state index contributed by atoms with van der Waals surface area (Å²) in [6.07, 6.45) is 0. The van der Waals surface area contributed by atoms with E-state index in [9.17, 15) is 16.8 Å². The Morgan fingerprint density at radius 1 is 0.783 bits per heavy atom. The third-order valence-corrected chi connectivity index (χ3v) is 8.97. The molecule has 0 N–H and O–H groups in total. The van der Waals surface area contributed by atoms with Crippen LogP contribution in [0.2, 0.25) is 0 Å². The summed E-state index contributed by atoms with van der Waals surface area (Å²) in [6.45, 7) is 0. The smallest absolute Gasteiger partial charge is 0.359 e. The second kappa shape index (κ2) is 6.66. The molecule has 6 nitrogen and oxygen atoms in total. The summed E-state index contributed by atoms with van der Waals surface area (Å²) in [5.74, 6) is 0. The van der Waals surface area contributed by atoms with Gasteiger partial charge in [-0.25, -0.2) is 16.8 Å². The van der Waals surface area contributed by atoms with Crippen molar-refractivity contribution in [2.45, 2.75) is 9.79 Å². The molecule has 0 heterocycles. The van der Waals surface area contributed by atoms with E-state index in [4.69, 9.17) is 5.53 Å². The molecule has 2 rings (SSSR count). The minimum atomic E-state index is -4.56. The SMILES string of the molecule is [N-]=[N+]=C(S(=O)(=O)c1ccccc1Br)S(=O)(=O)c1ccccc1Br. The maximum Gasteiger partial charge on any atom is 0.504 e. The topological polar surface area (TPSA) is 105 Å². The number of benzene rings is 2. The van der Waals surface area contributed by atoms with Gasteiger partial charge in [-0.2, -0.15) is 0 Å². The zero-order valence-electron chi connectivity index (χ0n) is 11.2. The van der Waals surface area contributed by atoms with Gasteiger partial charge in [0.2, 0.25) is 0 Å². The van der Waals surface area contributed by atoms with Gasteiger partial charge in [0, 0.05) is 8.95 Å². The van der Waals surface area contributed by atoms with Gasteiger partial charge in [0.25, 0.3) is 19.7 Å². The molecule has 0 unspecified atom stereocenters. The molecular weight excluding hydrogens is 472 g/mol. The summed E-state index contributed by atoms with van der Waals surface area (Å²) < 4.78 is 49.4. The molecule has 0 aliphatic carbocycles. The van der Waals surface area contributed by atoms with Crippen LogP contribution in [0.3, 0.4) is 0 Å². The average Bonchev–Trinajstić information content (AvgIpc) is 2.47. The van der Waals surface area contributed by atoms with E-state index in [1.54, 1.807) is 12.1 Å². The van der Waals surface area contributed by atoms with Crippen LogP contribution in [0.15, 0.2) is 67.3 Å². The Hall–Kier alpha value is -1.32. The number of hydrogen-bond donors (Lipinski definition) is 0. The number of sulfone groups is 2. The monoisotopic (exact) mass is 478 g/mol. The average molecular weight is 480 g/mol. The van der Waals surface area contributed by atoms with Crippen LogP contribution >= 0.6 is 31.9 Å². The van der Waals surface area contributed by atoms with E-state index < -0.39 is 24.1 Å². The first-order valence-electron chi connectivity index (χ1n) is 5.94. The van der Waals surface area contributed by atoms with Gasteiger partial charge in [-0.3, -0.25) is 0 Å². The molecule has 0 atom stereocenters. The first kappa shape index (κ1) is 18.0. The molecule has 0 saturated carbocycles. The maximum absolute atomic E-state index is 12.6. The van der Waals surface area contributed by atoms with Gasteiger partial charge >= 0.3 is 4.38 Å². The third kappa shape index (κ3) is 3.31. The van der Waals surface area contributed by atoms with E-state index in [-0.39, 0.29) is 18.7 Å². The fourth-order valence-corrected chi connectivity index (χ4v) is 7.06. The summed E-state index contributed by atoms with van der Waals surface area (Å²) in [6, 6.07) is 11.3. The van der Waals surface area contributed by atoms with E-state index >= 15 is 0 Å². The van der Waals surface area contributed by atoms with Gasteiger partial charge in [-0.05, 0) is 56.1 Å². The van der Waals surface area contributed by atoms with Gasteiger partial charge in [0.1, 0.15) is 0 Å². The molecule has 0 amide bonds. The summed E-state index contributed by atoms with van der Waals surface area (Å²) in [5, 5.41) is 0. The zero-order valence-corrected chi connectivity index (χ0v) is 16.0. The predicted molar refractivity (Wildman–Crippen MR) is 91.3 cm³/mol. The van der Waals surface area contributed by atoms with Crippen molar-refractivity contribution in [3.05, 3.63) is 63.0 Å². The van der Waals surface area contributed by atoms with Crippen molar-refractivity contribution in [3.63, 3.8) is 0 Å². The van der Waals surface area contributed by atoms with Crippen LogP contribution in [0, 0.1) is 0 Å². The Kier molecular flexibility index (Phi) is 5.22. The Bertz CT molecular complexity index is 950. The minimum Gasteiger partial charge on any atom is -0.359 e. The number of rotatable bonds is 2. The standard InChI is InChI=1S/C13H8Br2N2O4S2/c14-9-5-1-3-7-11(9)22(18,19)13(17-16)23(20,21)12-8-4-2-6-10(12)15/h1-8H. The molecule has 0 fully saturated rings. The van der Waals surface area contributed by atoms with Crippen LogP contribution in [0.4, 0.5) is 0 Å². The van der Waals surface area contributed by atoms with Crippen molar-refractivity contribution in [2.24, 2.45) is 0 Å². The lowest BCUT2D eigenvalue weighted by Gasteiger charge is -2.05. The highest BCUT2D eigenvalue weighted by atomic mass is 79.9. The molecule has 0 bridgehead atoms. The van der Waals surface area contributed by atoms with Crippen LogP contribution in [-0.2, 0) is 19.7 Å². The molecule has 10 heteroatoms. The van der Waals surface area contributed by atoms with Crippen molar-refractivity contribution < 1.29 is 21.6 Å². The lowest BCUT2D eigenvalue weighted by atomic mass is 10.4. The quantitative estimate of drug-likeness (QED) is 0.285. The van der Waals surface area contributed by atoms with Crippen molar-refractivity contribution in [3.8, 4) is 0 Å². The van der Waals surface area contributed by atoms with Crippen LogP contribution in [-0.4, -0.2) is 26.0 Å². The predicted octanol–water partition coefficient (Wildman–Crippen LogP) is 3.05. The van der Waals surface area contributed by atoms with Crippen LogP contribution in [0.5, 0.6) is 0 Å². The van der Waals surface area contributed by atoms with E-state index in [1.165, 1.54) is 36.4 Å². The van der Waals surface area contributed by atoms with Crippen molar-refractivity contribution in [2.75, 3.05) is 0 Å². The maximum atomic E-state index is 12.6.